The van der Waals surface area contributed by atoms with Gasteiger partial charge in [0.1, 0.15) is 5.75 Å². The summed E-state index contributed by atoms with van der Waals surface area (Å²) in [6.07, 6.45) is 3.43. The summed E-state index contributed by atoms with van der Waals surface area (Å²) >= 11 is 3.29. The second-order valence-electron chi connectivity index (χ2n) is 4.97. The molecule has 0 fully saturated rings. The van der Waals surface area contributed by atoms with Crippen molar-refractivity contribution < 1.29 is 19.7 Å². The van der Waals surface area contributed by atoms with Gasteiger partial charge in [-0.25, -0.2) is 4.79 Å². The number of aliphatic hydroxyl groups is 1. The summed E-state index contributed by atoms with van der Waals surface area (Å²) in [7, 11) is 0. The molecular formula is C15H19BrO4. The van der Waals surface area contributed by atoms with Gasteiger partial charge >= 0.3 is 5.97 Å². The van der Waals surface area contributed by atoms with E-state index in [0.717, 1.165) is 43.2 Å². The van der Waals surface area contributed by atoms with Crippen molar-refractivity contribution in [3.05, 3.63) is 27.2 Å². The molecule has 1 aliphatic carbocycles. The average molecular weight is 343 g/mol. The maximum Gasteiger partial charge on any atom is 0.339 e. The van der Waals surface area contributed by atoms with Crippen LogP contribution in [0.2, 0.25) is 0 Å². The fourth-order valence-corrected chi connectivity index (χ4v) is 3.19. The van der Waals surface area contributed by atoms with Crippen LogP contribution in [0.25, 0.3) is 0 Å². The smallest absolute Gasteiger partial charge is 0.339 e. The lowest BCUT2D eigenvalue weighted by Gasteiger charge is -2.19. The van der Waals surface area contributed by atoms with Crippen molar-refractivity contribution in [1.29, 1.82) is 0 Å². The summed E-state index contributed by atoms with van der Waals surface area (Å²) in [5.74, 6) is -0.779. The molecule has 2 N–H and O–H groups in total. The lowest BCUT2D eigenvalue weighted by atomic mass is 9.93. The molecule has 1 aliphatic rings. The highest BCUT2D eigenvalue weighted by atomic mass is 79.9. The Kier molecular flexibility index (Phi) is 5.05. The summed E-state index contributed by atoms with van der Waals surface area (Å²) in [5, 5.41) is 20.4. The zero-order valence-corrected chi connectivity index (χ0v) is 13.1. The first kappa shape index (κ1) is 15.3. The monoisotopic (exact) mass is 342 g/mol. The van der Waals surface area contributed by atoms with Crippen molar-refractivity contribution in [3.63, 3.8) is 0 Å². The Balaban J connectivity index is 2.50. The summed E-state index contributed by atoms with van der Waals surface area (Å²) in [6, 6.07) is 1.89. The van der Waals surface area contributed by atoms with Crippen LogP contribution in [0.15, 0.2) is 10.5 Å². The van der Waals surface area contributed by atoms with E-state index in [9.17, 15) is 15.0 Å². The fourth-order valence-electron chi connectivity index (χ4n) is 2.70. The lowest BCUT2D eigenvalue weighted by molar-refractivity contribution is -0.153. The number of hydrogen-bond donors (Lipinski definition) is 2. The zero-order chi connectivity index (χ0) is 14.7. The van der Waals surface area contributed by atoms with Crippen molar-refractivity contribution >= 4 is 21.9 Å². The van der Waals surface area contributed by atoms with Crippen molar-refractivity contribution in [2.75, 3.05) is 6.61 Å². The molecule has 0 radical (unpaired) electrons. The number of ether oxygens (including phenoxy) is 1. The second-order valence-corrected chi connectivity index (χ2v) is 5.83. The predicted molar refractivity (Wildman–Crippen MR) is 78.7 cm³/mol. The van der Waals surface area contributed by atoms with Crippen molar-refractivity contribution in [2.45, 2.75) is 45.1 Å². The van der Waals surface area contributed by atoms with Gasteiger partial charge in [-0.3, -0.25) is 0 Å². The lowest BCUT2D eigenvalue weighted by Crippen LogP contribution is -2.18. The Morgan fingerprint density at radius 3 is 2.80 bits per heavy atom. The van der Waals surface area contributed by atoms with Crippen LogP contribution in [-0.4, -0.2) is 22.8 Å². The molecule has 0 aromatic heterocycles. The van der Waals surface area contributed by atoms with Crippen molar-refractivity contribution in [1.82, 2.24) is 0 Å². The van der Waals surface area contributed by atoms with Crippen molar-refractivity contribution in [2.24, 2.45) is 0 Å². The van der Waals surface area contributed by atoms with Crippen LogP contribution in [0.5, 0.6) is 5.75 Å². The average Bonchev–Trinajstić information content (AvgIpc) is 2.65. The number of halogens is 1. The van der Waals surface area contributed by atoms with Gasteiger partial charge in [0.25, 0.3) is 0 Å². The number of aryl methyl sites for hydroxylation is 1. The van der Waals surface area contributed by atoms with Crippen LogP contribution < -0.4 is 0 Å². The molecule has 1 atom stereocenters. The third-order valence-corrected chi connectivity index (χ3v) is 4.26. The molecule has 1 aromatic carbocycles. The number of rotatable bonds is 3. The third-order valence-electron chi connectivity index (χ3n) is 3.65. The highest BCUT2D eigenvalue weighted by Gasteiger charge is 2.28. The first-order chi connectivity index (χ1) is 9.56. The van der Waals surface area contributed by atoms with E-state index in [1.54, 1.807) is 6.92 Å². The number of carbonyl (C=O) groups is 1. The molecule has 5 heteroatoms. The van der Waals surface area contributed by atoms with Gasteiger partial charge < -0.3 is 14.9 Å². The quantitative estimate of drug-likeness (QED) is 0.654. The SMILES string of the molecule is CCOC(=O)C(O)c1c(O)c(Br)cc2c1CCCCC2. The van der Waals surface area contributed by atoms with Crippen LogP contribution >= 0.6 is 15.9 Å². The Morgan fingerprint density at radius 2 is 2.10 bits per heavy atom. The Labute approximate surface area is 126 Å². The molecule has 4 nitrogen and oxygen atoms in total. The van der Waals surface area contributed by atoms with Gasteiger partial charge in [-0.2, -0.15) is 0 Å². The van der Waals surface area contributed by atoms with Gasteiger partial charge in [0.05, 0.1) is 11.1 Å². The maximum atomic E-state index is 11.8. The van der Waals surface area contributed by atoms with Gasteiger partial charge in [0.15, 0.2) is 6.10 Å². The van der Waals surface area contributed by atoms with Crippen LogP contribution in [0.4, 0.5) is 0 Å². The summed E-state index contributed by atoms with van der Waals surface area (Å²) in [4.78, 5) is 11.8. The van der Waals surface area contributed by atoms with Gasteiger partial charge in [-0.15, -0.1) is 0 Å². The molecule has 0 heterocycles. The first-order valence-electron chi connectivity index (χ1n) is 6.94. The van der Waals surface area contributed by atoms with E-state index in [1.807, 2.05) is 6.07 Å². The summed E-state index contributed by atoms with van der Waals surface area (Å²) < 4.78 is 5.37. The number of phenolic OH excluding ortho intramolecular Hbond substituents is 1. The van der Waals surface area contributed by atoms with Gasteiger partial charge in [-0.1, -0.05) is 6.42 Å². The molecule has 0 saturated carbocycles. The second kappa shape index (κ2) is 6.59. The summed E-state index contributed by atoms with van der Waals surface area (Å²) in [6.45, 7) is 1.89. The molecule has 2 rings (SSSR count). The molecule has 110 valence electrons. The number of carbonyl (C=O) groups excluding carboxylic acids is 1. The number of hydrogen-bond acceptors (Lipinski definition) is 4. The van der Waals surface area contributed by atoms with Gasteiger partial charge in [0.2, 0.25) is 0 Å². The molecule has 0 bridgehead atoms. The van der Waals surface area contributed by atoms with E-state index in [4.69, 9.17) is 4.74 Å². The Morgan fingerprint density at radius 1 is 1.40 bits per heavy atom. The third kappa shape index (κ3) is 2.99. The maximum absolute atomic E-state index is 11.8. The van der Waals surface area contributed by atoms with Crippen LogP contribution in [0, 0.1) is 0 Å². The molecule has 0 spiro atoms. The number of aromatic hydroxyl groups is 1. The number of phenols is 1. The van der Waals surface area contributed by atoms with Crippen LogP contribution in [0.3, 0.4) is 0 Å². The number of esters is 1. The highest BCUT2D eigenvalue weighted by molar-refractivity contribution is 9.10. The molecule has 0 aliphatic heterocycles. The largest absolute Gasteiger partial charge is 0.506 e. The van der Waals surface area contributed by atoms with E-state index in [2.05, 4.69) is 15.9 Å². The van der Waals surface area contributed by atoms with Crippen LogP contribution in [-0.2, 0) is 22.4 Å². The van der Waals surface area contributed by atoms with E-state index < -0.39 is 12.1 Å². The molecule has 20 heavy (non-hydrogen) atoms. The molecule has 1 aromatic rings. The number of fused-ring (bicyclic) bond motifs is 1. The minimum Gasteiger partial charge on any atom is -0.506 e. The van der Waals surface area contributed by atoms with Gasteiger partial charge in [-0.05, 0) is 65.7 Å². The molecular weight excluding hydrogens is 324 g/mol. The Hall–Kier alpha value is -1.07. The van der Waals surface area contributed by atoms with Crippen molar-refractivity contribution in [3.8, 4) is 5.75 Å². The summed E-state index contributed by atoms with van der Waals surface area (Å²) in [5.41, 5.74) is 2.28. The van der Waals surface area contributed by atoms with E-state index in [-0.39, 0.29) is 12.4 Å². The van der Waals surface area contributed by atoms with Crippen LogP contribution in [0.1, 0.15) is 49.0 Å². The zero-order valence-electron chi connectivity index (χ0n) is 11.5. The topological polar surface area (TPSA) is 66.8 Å². The number of aliphatic hydroxyl groups excluding tert-OH is 1. The fraction of sp³-hybridized carbons (Fsp3) is 0.533. The molecule has 1 unspecified atom stereocenters. The molecule has 0 saturated heterocycles. The van der Waals surface area contributed by atoms with E-state index >= 15 is 0 Å². The van der Waals surface area contributed by atoms with E-state index in [0.29, 0.717) is 10.0 Å². The standard InChI is InChI=1S/C15H19BrO4/c1-2-20-15(19)14(18)12-10-7-5-3-4-6-9(10)8-11(16)13(12)17/h8,14,17-18H,2-7H2,1H3. The molecule has 0 amide bonds. The normalized spacial score (nSPS) is 16.1. The van der Waals surface area contributed by atoms with Gasteiger partial charge in [0, 0.05) is 5.56 Å². The number of benzene rings is 1. The Bertz CT molecular complexity index is 513. The minimum absolute atomic E-state index is 0.0637. The van der Waals surface area contributed by atoms with E-state index in [1.165, 1.54) is 0 Å². The highest BCUT2D eigenvalue weighted by Crippen LogP contribution is 2.39. The predicted octanol–water partition coefficient (Wildman–Crippen LogP) is 3.02. The minimum atomic E-state index is -1.43. The first-order valence-corrected chi connectivity index (χ1v) is 7.73.